The second-order valence-electron chi connectivity index (χ2n) is 6.53. The van der Waals surface area contributed by atoms with Crippen molar-refractivity contribution >= 4 is 0 Å². The Kier molecular flexibility index (Phi) is 4.22. The van der Waals surface area contributed by atoms with Crippen LogP contribution >= 0.6 is 0 Å². The predicted molar refractivity (Wildman–Crippen MR) is 65.7 cm³/mol. The molecular formula is C14H28O. The number of aliphatic hydroxyl groups excluding tert-OH is 1. The maximum absolute atomic E-state index is 9.95. The highest BCUT2D eigenvalue weighted by molar-refractivity contribution is 4.90. The lowest BCUT2D eigenvalue weighted by atomic mass is 9.61. The quantitative estimate of drug-likeness (QED) is 0.753. The SMILES string of the molecule is CC(C)CCC1C(C)C(O)CCC1(C)C. The average Bonchev–Trinajstić information content (AvgIpc) is 2.11. The van der Waals surface area contributed by atoms with E-state index in [1.54, 1.807) is 0 Å². The van der Waals surface area contributed by atoms with E-state index in [1.165, 1.54) is 19.3 Å². The molecule has 0 aromatic heterocycles. The van der Waals surface area contributed by atoms with Crippen molar-refractivity contribution in [2.24, 2.45) is 23.2 Å². The van der Waals surface area contributed by atoms with Gasteiger partial charge in [0.1, 0.15) is 0 Å². The minimum atomic E-state index is -0.0600. The number of aliphatic hydroxyl groups is 1. The first kappa shape index (κ1) is 13.0. The topological polar surface area (TPSA) is 20.2 Å². The lowest BCUT2D eigenvalue weighted by Gasteiger charge is -2.45. The largest absolute Gasteiger partial charge is 0.393 e. The Morgan fingerprint density at radius 3 is 2.47 bits per heavy atom. The Morgan fingerprint density at radius 2 is 1.93 bits per heavy atom. The van der Waals surface area contributed by atoms with Crippen LogP contribution in [-0.4, -0.2) is 11.2 Å². The molecule has 1 nitrogen and oxygen atoms in total. The molecule has 3 atom stereocenters. The summed E-state index contributed by atoms with van der Waals surface area (Å²) in [4.78, 5) is 0. The Balaban J connectivity index is 2.62. The molecule has 0 aliphatic heterocycles. The van der Waals surface area contributed by atoms with Crippen LogP contribution in [0.25, 0.3) is 0 Å². The zero-order valence-electron chi connectivity index (χ0n) is 11.1. The van der Waals surface area contributed by atoms with Crippen molar-refractivity contribution in [1.82, 2.24) is 0 Å². The summed E-state index contributed by atoms with van der Waals surface area (Å²) in [7, 11) is 0. The van der Waals surface area contributed by atoms with Gasteiger partial charge in [0.2, 0.25) is 0 Å². The van der Waals surface area contributed by atoms with Crippen molar-refractivity contribution in [2.45, 2.75) is 66.4 Å². The Morgan fingerprint density at radius 1 is 1.33 bits per heavy atom. The Bertz CT molecular complexity index is 196. The van der Waals surface area contributed by atoms with Crippen LogP contribution in [0.4, 0.5) is 0 Å². The van der Waals surface area contributed by atoms with Gasteiger partial charge in [0.05, 0.1) is 6.10 Å². The lowest BCUT2D eigenvalue weighted by Crippen LogP contribution is -2.41. The maximum Gasteiger partial charge on any atom is 0.0568 e. The van der Waals surface area contributed by atoms with Gasteiger partial charge in [-0.2, -0.15) is 0 Å². The highest BCUT2D eigenvalue weighted by atomic mass is 16.3. The fraction of sp³-hybridized carbons (Fsp3) is 1.00. The molecule has 1 heteroatoms. The van der Waals surface area contributed by atoms with E-state index >= 15 is 0 Å². The third kappa shape index (κ3) is 3.21. The van der Waals surface area contributed by atoms with Gasteiger partial charge in [0.25, 0.3) is 0 Å². The standard InChI is InChI=1S/C14H28O/c1-10(2)6-7-12-11(3)13(15)8-9-14(12,4)5/h10-13,15H,6-9H2,1-5H3. The molecule has 0 aromatic carbocycles. The van der Waals surface area contributed by atoms with Crippen LogP contribution in [0.2, 0.25) is 0 Å². The monoisotopic (exact) mass is 212 g/mol. The molecule has 0 amide bonds. The molecule has 15 heavy (non-hydrogen) atoms. The predicted octanol–water partition coefficient (Wildman–Crippen LogP) is 3.86. The van der Waals surface area contributed by atoms with Crippen LogP contribution in [0.1, 0.15) is 60.3 Å². The summed E-state index contributed by atoms with van der Waals surface area (Å²) in [6.45, 7) is 11.6. The van der Waals surface area contributed by atoms with Crippen molar-refractivity contribution in [3.05, 3.63) is 0 Å². The van der Waals surface area contributed by atoms with E-state index in [0.717, 1.165) is 12.3 Å². The summed E-state index contributed by atoms with van der Waals surface area (Å²) >= 11 is 0. The third-order valence-electron chi connectivity index (χ3n) is 4.38. The first-order valence-electron chi connectivity index (χ1n) is 6.52. The molecule has 0 saturated heterocycles. The van der Waals surface area contributed by atoms with E-state index in [-0.39, 0.29) is 6.10 Å². The van der Waals surface area contributed by atoms with Gasteiger partial charge in [0.15, 0.2) is 0 Å². The van der Waals surface area contributed by atoms with E-state index in [9.17, 15) is 5.11 Å². The van der Waals surface area contributed by atoms with Crippen molar-refractivity contribution in [3.63, 3.8) is 0 Å². The van der Waals surface area contributed by atoms with Gasteiger partial charge < -0.3 is 5.11 Å². The summed E-state index contributed by atoms with van der Waals surface area (Å²) in [5.74, 6) is 1.96. The molecule has 0 spiro atoms. The van der Waals surface area contributed by atoms with Crippen LogP contribution in [0.15, 0.2) is 0 Å². The fourth-order valence-electron chi connectivity index (χ4n) is 3.11. The molecule has 1 fully saturated rings. The molecule has 1 rings (SSSR count). The van der Waals surface area contributed by atoms with E-state index in [0.29, 0.717) is 17.3 Å². The fourth-order valence-corrected chi connectivity index (χ4v) is 3.11. The van der Waals surface area contributed by atoms with Gasteiger partial charge in [-0.1, -0.05) is 41.0 Å². The summed E-state index contributed by atoms with van der Waals surface area (Å²) in [6.07, 6.45) is 4.69. The van der Waals surface area contributed by atoms with Gasteiger partial charge in [-0.3, -0.25) is 0 Å². The number of hydrogen-bond donors (Lipinski definition) is 1. The van der Waals surface area contributed by atoms with Gasteiger partial charge >= 0.3 is 0 Å². The summed E-state index contributed by atoms with van der Waals surface area (Å²) in [6, 6.07) is 0. The second kappa shape index (κ2) is 4.86. The van der Waals surface area contributed by atoms with Gasteiger partial charge in [-0.25, -0.2) is 0 Å². The molecule has 1 saturated carbocycles. The van der Waals surface area contributed by atoms with Crippen LogP contribution in [0.5, 0.6) is 0 Å². The smallest absolute Gasteiger partial charge is 0.0568 e. The minimum Gasteiger partial charge on any atom is -0.393 e. The third-order valence-corrected chi connectivity index (χ3v) is 4.38. The minimum absolute atomic E-state index is 0.0600. The highest BCUT2D eigenvalue weighted by Crippen LogP contribution is 2.46. The summed E-state index contributed by atoms with van der Waals surface area (Å²) in [5.41, 5.74) is 0.424. The van der Waals surface area contributed by atoms with Gasteiger partial charge in [0, 0.05) is 0 Å². The Hall–Kier alpha value is -0.0400. The molecule has 0 radical (unpaired) electrons. The van der Waals surface area contributed by atoms with Crippen LogP contribution in [0.3, 0.4) is 0 Å². The summed E-state index contributed by atoms with van der Waals surface area (Å²) < 4.78 is 0. The lowest BCUT2D eigenvalue weighted by molar-refractivity contribution is -0.0302. The van der Waals surface area contributed by atoms with Gasteiger partial charge in [-0.05, 0) is 42.4 Å². The molecule has 1 aliphatic rings. The van der Waals surface area contributed by atoms with E-state index in [2.05, 4.69) is 34.6 Å². The van der Waals surface area contributed by atoms with E-state index in [4.69, 9.17) is 0 Å². The zero-order valence-corrected chi connectivity index (χ0v) is 11.1. The molecule has 0 bridgehead atoms. The molecule has 1 N–H and O–H groups in total. The van der Waals surface area contributed by atoms with E-state index in [1.807, 2.05) is 0 Å². The Labute approximate surface area is 95.3 Å². The number of hydrogen-bond acceptors (Lipinski definition) is 1. The maximum atomic E-state index is 9.95. The van der Waals surface area contributed by atoms with Crippen LogP contribution in [0, 0.1) is 23.2 Å². The van der Waals surface area contributed by atoms with Crippen molar-refractivity contribution in [1.29, 1.82) is 0 Å². The summed E-state index contributed by atoms with van der Waals surface area (Å²) in [5, 5.41) is 9.95. The van der Waals surface area contributed by atoms with Crippen LogP contribution in [-0.2, 0) is 0 Å². The first-order valence-corrected chi connectivity index (χ1v) is 6.52. The molecule has 1 aliphatic carbocycles. The highest BCUT2D eigenvalue weighted by Gasteiger charge is 2.40. The zero-order chi connectivity index (χ0) is 11.6. The molecule has 0 heterocycles. The van der Waals surface area contributed by atoms with Gasteiger partial charge in [-0.15, -0.1) is 0 Å². The molecule has 90 valence electrons. The molecule has 3 unspecified atom stereocenters. The number of rotatable bonds is 3. The normalized spacial score (nSPS) is 35.8. The van der Waals surface area contributed by atoms with Crippen molar-refractivity contribution < 1.29 is 5.11 Å². The first-order chi connectivity index (χ1) is 6.84. The average molecular weight is 212 g/mol. The molecular weight excluding hydrogens is 184 g/mol. The molecule has 0 aromatic rings. The van der Waals surface area contributed by atoms with E-state index < -0.39 is 0 Å². The van der Waals surface area contributed by atoms with Crippen molar-refractivity contribution in [2.75, 3.05) is 0 Å². The van der Waals surface area contributed by atoms with Crippen LogP contribution < -0.4 is 0 Å². The second-order valence-corrected chi connectivity index (χ2v) is 6.53. The van der Waals surface area contributed by atoms with Crippen molar-refractivity contribution in [3.8, 4) is 0 Å².